The van der Waals surface area contributed by atoms with Gasteiger partial charge in [0.05, 0.1) is 20.4 Å². The van der Waals surface area contributed by atoms with E-state index in [0.717, 1.165) is 19.7 Å². The van der Waals surface area contributed by atoms with Gasteiger partial charge in [-0.25, -0.2) is 9.97 Å². The van der Waals surface area contributed by atoms with Gasteiger partial charge in [-0.05, 0) is 60.7 Å². The molecule has 0 saturated carbocycles. The Morgan fingerprint density at radius 3 is 1.65 bits per heavy atom. The zero-order chi connectivity index (χ0) is 15.8. The molecule has 0 unspecified atom stereocenters. The van der Waals surface area contributed by atoms with Crippen LogP contribution in [-0.2, 0) is 0 Å². The van der Waals surface area contributed by atoms with Gasteiger partial charge in [0.2, 0.25) is 0 Å². The summed E-state index contributed by atoms with van der Waals surface area (Å²) < 4.78 is 4.60. The summed E-state index contributed by atoms with van der Waals surface area (Å²) in [7, 11) is 0. The highest BCUT2D eigenvalue weighted by Crippen LogP contribution is 2.39. The lowest BCUT2D eigenvalue weighted by molar-refractivity contribution is 1.26. The van der Waals surface area contributed by atoms with Gasteiger partial charge >= 0.3 is 0 Å². The molecule has 0 atom stereocenters. The highest BCUT2D eigenvalue weighted by molar-refractivity contribution is 8.02. The van der Waals surface area contributed by atoms with Crippen molar-refractivity contribution in [3.63, 3.8) is 0 Å². The second kappa shape index (κ2) is 6.64. The van der Waals surface area contributed by atoms with Crippen LogP contribution in [0.2, 0.25) is 0 Å². The maximum absolute atomic E-state index is 4.72. The van der Waals surface area contributed by atoms with E-state index in [1.54, 1.807) is 58.0 Å². The van der Waals surface area contributed by atoms with Crippen molar-refractivity contribution in [2.24, 2.45) is 0 Å². The smallest absolute Gasteiger partial charge is 0.158 e. The number of thioether (sulfide) groups is 2. The molecule has 2 heterocycles. The van der Waals surface area contributed by atoms with E-state index in [1.165, 1.54) is 19.2 Å². The SMILES string of the molecule is CSc1ccc2nc(Sc3nc4ccc(SC)cc4s3)sc2c1. The Hall–Kier alpha value is -0.730. The van der Waals surface area contributed by atoms with Crippen LogP contribution in [0, 0.1) is 0 Å². The van der Waals surface area contributed by atoms with Crippen molar-refractivity contribution in [3.8, 4) is 0 Å². The maximum Gasteiger partial charge on any atom is 0.158 e. The van der Waals surface area contributed by atoms with Crippen molar-refractivity contribution in [2.45, 2.75) is 18.5 Å². The minimum Gasteiger partial charge on any atom is -0.229 e. The second-order valence-electron chi connectivity index (χ2n) is 4.73. The largest absolute Gasteiger partial charge is 0.229 e. The molecule has 0 aliphatic heterocycles. The standard InChI is InChI=1S/C16H12N2S5/c1-19-9-3-5-11-13(7-9)21-15(17-11)23-16-18-12-6-4-10(20-2)8-14(12)22-16/h3-8H,1-2H3. The van der Waals surface area contributed by atoms with Gasteiger partial charge in [0.15, 0.2) is 8.68 Å². The molecule has 0 aliphatic carbocycles. The van der Waals surface area contributed by atoms with Crippen LogP contribution in [0.25, 0.3) is 20.4 Å². The van der Waals surface area contributed by atoms with Crippen LogP contribution in [0.4, 0.5) is 0 Å². The Bertz CT molecular complexity index is 909. The number of hydrogen-bond acceptors (Lipinski definition) is 7. The van der Waals surface area contributed by atoms with Crippen molar-refractivity contribution < 1.29 is 0 Å². The van der Waals surface area contributed by atoms with E-state index in [9.17, 15) is 0 Å². The Balaban J connectivity index is 1.66. The molecule has 2 aromatic carbocycles. The Morgan fingerprint density at radius 1 is 0.739 bits per heavy atom. The first-order chi connectivity index (χ1) is 11.2. The van der Waals surface area contributed by atoms with E-state index < -0.39 is 0 Å². The average molecular weight is 393 g/mol. The molecule has 0 radical (unpaired) electrons. The molecule has 2 nitrogen and oxygen atoms in total. The quantitative estimate of drug-likeness (QED) is 0.369. The normalized spacial score (nSPS) is 11.6. The van der Waals surface area contributed by atoms with E-state index in [-0.39, 0.29) is 0 Å². The predicted octanol–water partition coefficient (Wildman–Crippen LogP) is 6.50. The summed E-state index contributed by atoms with van der Waals surface area (Å²) in [6.45, 7) is 0. The summed E-state index contributed by atoms with van der Waals surface area (Å²) in [6, 6.07) is 12.9. The summed E-state index contributed by atoms with van der Waals surface area (Å²) in [5, 5.41) is 0. The molecule has 2 aromatic heterocycles. The van der Waals surface area contributed by atoms with Gasteiger partial charge in [0.25, 0.3) is 0 Å². The molecule has 116 valence electrons. The lowest BCUT2D eigenvalue weighted by atomic mass is 10.3. The fraction of sp³-hybridized carbons (Fsp3) is 0.125. The van der Waals surface area contributed by atoms with Crippen molar-refractivity contribution in [1.82, 2.24) is 9.97 Å². The molecule has 0 bridgehead atoms. The monoisotopic (exact) mass is 392 g/mol. The van der Waals surface area contributed by atoms with E-state index in [0.29, 0.717) is 0 Å². The minimum absolute atomic E-state index is 1.06. The van der Waals surface area contributed by atoms with Gasteiger partial charge in [-0.2, -0.15) is 0 Å². The van der Waals surface area contributed by atoms with Crippen LogP contribution >= 0.6 is 58.0 Å². The Morgan fingerprint density at radius 2 is 1.22 bits per heavy atom. The van der Waals surface area contributed by atoms with E-state index in [1.807, 2.05) is 0 Å². The van der Waals surface area contributed by atoms with Gasteiger partial charge in [-0.1, -0.05) is 0 Å². The molecule has 0 spiro atoms. The number of thiazole rings is 2. The minimum atomic E-state index is 1.06. The summed E-state index contributed by atoms with van der Waals surface area (Å²) in [6.07, 6.45) is 4.20. The highest BCUT2D eigenvalue weighted by atomic mass is 32.2. The molecule has 0 N–H and O–H groups in total. The van der Waals surface area contributed by atoms with E-state index in [2.05, 4.69) is 48.9 Å². The molecular weight excluding hydrogens is 381 g/mol. The van der Waals surface area contributed by atoms with E-state index in [4.69, 9.17) is 9.97 Å². The van der Waals surface area contributed by atoms with Gasteiger partial charge < -0.3 is 0 Å². The van der Waals surface area contributed by atoms with Gasteiger partial charge in [0, 0.05) is 9.79 Å². The molecule has 0 aliphatic rings. The number of benzene rings is 2. The van der Waals surface area contributed by atoms with Crippen molar-refractivity contribution in [3.05, 3.63) is 36.4 Å². The Labute approximate surface area is 155 Å². The first-order valence-electron chi connectivity index (χ1n) is 6.82. The summed E-state index contributed by atoms with van der Waals surface area (Å²) in [4.78, 5) is 12.0. The molecule has 23 heavy (non-hydrogen) atoms. The topological polar surface area (TPSA) is 25.8 Å². The number of aromatic nitrogens is 2. The fourth-order valence-corrected chi connectivity index (χ4v) is 6.63. The molecular formula is C16H12N2S5. The molecule has 4 aromatic rings. The first-order valence-corrected chi connectivity index (χ1v) is 11.7. The maximum atomic E-state index is 4.72. The third-order valence-corrected chi connectivity index (χ3v) is 7.93. The Kier molecular flexibility index (Phi) is 4.56. The number of rotatable bonds is 4. The molecule has 0 amide bonds. The third kappa shape index (κ3) is 3.25. The lowest BCUT2D eigenvalue weighted by Crippen LogP contribution is -1.72. The lowest BCUT2D eigenvalue weighted by Gasteiger charge is -1.92. The van der Waals surface area contributed by atoms with Crippen LogP contribution in [0.5, 0.6) is 0 Å². The van der Waals surface area contributed by atoms with Gasteiger partial charge in [0.1, 0.15) is 0 Å². The van der Waals surface area contributed by atoms with Crippen LogP contribution in [0.1, 0.15) is 0 Å². The summed E-state index contributed by atoms with van der Waals surface area (Å²) in [5.41, 5.74) is 2.14. The molecule has 4 rings (SSSR count). The third-order valence-electron chi connectivity index (χ3n) is 3.33. The van der Waals surface area contributed by atoms with Crippen LogP contribution in [0.3, 0.4) is 0 Å². The predicted molar refractivity (Wildman–Crippen MR) is 107 cm³/mol. The summed E-state index contributed by atoms with van der Waals surface area (Å²) in [5.74, 6) is 0. The zero-order valence-electron chi connectivity index (χ0n) is 12.4. The highest BCUT2D eigenvalue weighted by Gasteiger charge is 2.10. The summed E-state index contributed by atoms with van der Waals surface area (Å²) >= 11 is 8.67. The molecule has 0 fully saturated rings. The fourth-order valence-electron chi connectivity index (χ4n) is 2.18. The second-order valence-corrected chi connectivity index (χ2v) is 10.0. The van der Waals surface area contributed by atoms with Crippen LogP contribution in [0.15, 0.2) is 54.9 Å². The van der Waals surface area contributed by atoms with Crippen molar-refractivity contribution in [1.29, 1.82) is 0 Å². The molecule has 0 saturated heterocycles. The first kappa shape index (κ1) is 15.8. The van der Waals surface area contributed by atoms with Gasteiger partial charge in [-0.15, -0.1) is 46.2 Å². The van der Waals surface area contributed by atoms with Crippen LogP contribution < -0.4 is 0 Å². The number of fused-ring (bicyclic) bond motifs is 2. The van der Waals surface area contributed by atoms with Crippen LogP contribution in [-0.4, -0.2) is 22.5 Å². The number of hydrogen-bond donors (Lipinski definition) is 0. The average Bonchev–Trinajstić information content (AvgIpc) is 3.15. The van der Waals surface area contributed by atoms with Crippen molar-refractivity contribution >= 4 is 78.4 Å². The zero-order valence-corrected chi connectivity index (χ0v) is 16.5. The van der Waals surface area contributed by atoms with Crippen molar-refractivity contribution in [2.75, 3.05) is 12.5 Å². The van der Waals surface area contributed by atoms with E-state index >= 15 is 0 Å². The van der Waals surface area contributed by atoms with Gasteiger partial charge in [-0.3, -0.25) is 0 Å². The number of nitrogens with zero attached hydrogens (tertiary/aromatic N) is 2. The molecule has 7 heteroatoms.